The van der Waals surface area contributed by atoms with E-state index in [1.54, 1.807) is 6.20 Å². The molecule has 0 saturated heterocycles. The van der Waals surface area contributed by atoms with Gasteiger partial charge in [0, 0.05) is 12.1 Å². The van der Waals surface area contributed by atoms with E-state index in [2.05, 4.69) is 34.3 Å². The summed E-state index contributed by atoms with van der Waals surface area (Å²) in [6, 6.07) is 7.61. The molecular weight excluding hydrogens is 300 g/mol. The molecule has 2 aromatic rings. The van der Waals surface area contributed by atoms with E-state index >= 15 is 0 Å². The number of para-hydroxylation sites is 2. The number of aromatic nitrogens is 2. The van der Waals surface area contributed by atoms with Gasteiger partial charge < -0.3 is 10.2 Å². The topological polar surface area (TPSA) is 58.1 Å². The molecule has 1 aromatic carbocycles. The van der Waals surface area contributed by atoms with Gasteiger partial charge in [0.1, 0.15) is 5.69 Å². The quantitative estimate of drug-likeness (QED) is 0.878. The van der Waals surface area contributed by atoms with E-state index in [1.165, 1.54) is 25.7 Å². The van der Waals surface area contributed by atoms with Crippen LogP contribution in [-0.2, 0) is 0 Å². The van der Waals surface area contributed by atoms with Gasteiger partial charge in [0.25, 0.3) is 5.91 Å². The van der Waals surface area contributed by atoms with Crippen LogP contribution in [0.5, 0.6) is 0 Å². The van der Waals surface area contributed by atoms with E-state index < -0.39 is 0 Å². The van der Waals surface area contributed by atoms with Gasteiger partial charge in [-0.3, -0.25) is 9.78 Å². The van der Waals surface area contributed by atoms with Crippen LogP contribution in [0.2, 0.25) is 0 Å². The highest BCUT2D eigenvalue weighted by molar-refractivity contribution is 5.93. The highest BCUT2D eigenvalue weighted by atomic mass is 16.1. The monoisotopic (exact) mass is 326 g/mol. The molecule has 1 aliphatic carbocycles. The summed E-state index contributed by atoms with van der Waals surface area (Å²) in [6.45, 7) is 0.660. The minimum atomic E-state index is -0.140. The summed E-state index contributed by atoms with van der Waals surface area (Å²) in [5.74, 6) is -0.140. The lowest BCUT2D eigenvalue weighted by atomic mass is 9.88. The highest BCUT2D eigenvalue weighted by Crippen LogP contribution is 2.30. The highest BCUT2D eigenvalue weighted by Gasteiger charge is 2.33. The van der Waals surface area contributed by atoms with Crippen molar-refractivity contribution < 1.29 is 4.79 Å². The predicted molar refractivity (Wildman–Crippen MR) is 96.0 cm³/mol. The first-order valence-corrected chi connectivity index (χ1v) is 8.78. The SMILES string of the molecule is CN(C)C1(CNC(=O)c2cnc3ccccc3n2)CCCCCC1. The van der Waals surface area contributed by atoms with Gasteiger partial charge in [-0.1, -0.05) is 37.8 Å². The minimum Gasteiger partial charge on any atom is -0.349 e. The summed E-state index contributed by atoms with van der Waals surface area (Å²) in [4.78, 5) is 23.6. The second kappa shape index (κ2) is 7.26. The lowest BCUT2D eigenvalue weighted by Gasteiger charge is -2.39. The van der Waals surface area contributed by atoms with Crippen LogP contribution in [-0.4, -0.2) is 47.0 Å². The van der Waals surface area contributed by atoms with Gasteiger partial charge in [-0.2, -0.15) is 0 Å². The van der Waals surface area contributed by atoms with E-state index in [4.69, 9.17) is 0 Å². The predicted octanol–water partition coefficient (Wildman–Crippen LogP) is 3.01. The van der Waals surface area contributed by atoms with Gasteiger partial charge in [0.2, 0.25) is 0 Å². The number of rotatable bonds is 4. The molecule has 1 aliphatic rings. The third kappa shape index (κ3) is 3.56. The van der Waals surface area contributed by atoms with Gasteiger partial charge in [-0.05, 0) is 39.1 Å². The maximum Gasteiger partial charge on any atom is 0.271 e. The zero-order chi connectivity index (χ0) is 17.0. The van der Waals surface area contributed by atoms with E-state index in [0.29, 0.717) is 12.2 Å². The Hall–Kier alpha value is -2.01. The van der Waals surface area contributed by atoms with Crippen LogP contribution in [0, 0.1) is 0 Å². The maximum atomic E-state index is 12.5. The summed E-state index contributed by atoms with van der Waals surface area (Å²) in [5, 5.41) is 3.10. The van der Waals surface area contributed by atoms with Gasteiger partial charge in [0.05, 0.1) is 17.2 Å². The van der Waals surface area contributed by atoms with Crippen LogP contribution >= 0.6 is 0 Å². The Balaban J connectivity index is 1.72. The number of amides is 1. The Morgan fingerprint density at radius 3 is 2.46 bits per heavy atom. The fourth-order valence-corrected chi connectivity index (χ4v) is 3.57. The molecular formula is C19H26N4O. The van der Waals surface area contributed by atoms with Crippen molar-refractivity contribution in [2.24, 2.45) is 0 Å². The largest absolute Gasteiger partial charge is 0.349 e. The average molecular weight is 326 g/mol. The number of nitrogens with one attached hydrogen (secondary N) is 1. The van der Waals surface area contributed by atoms with Crippen molar-refractivity contribution in [3.63, 3.8) is 0 Å². The normalized spacial score (nSPS) is 17.6. The minimum absolute atomic E-state index is 0.0520. The van der Waals surface area contributed by atoms with Gasteiger partial charge in [-0.25, -0.2) is 4.98 Å². The second-order valence-electron chi connectivity index (χ2n) is 6.96. The van der Waals surface area contributed by atoms with E-state index in [9.17, 15) is 4.79 Å². The molecule has 1 N–H and O–H groups in total. The summed E-state index contributed by atoms with van der Waals surface area (Å²) >= 11 is 0. The number of carbonyl (C=O) groups is 1. The zero-order valence-electron chi connectivity index (χ0n) is 14.6. The van der Waals surface area contributed by atoms with Crippen molar-refractivity contribution in [3.05, 3.63) is 36.2 Å². The van der Waals surface area contributed by atoms with Crippen LogP contribution in [0.1, 0.15) is 49.0 Å². The van der Waals surface area contributed by atoms with Crippen molar-refractivity contribution in [1.82, 2.24) is 20.2 Å². The van der Waals surface area contributed by atoms with Crippen LogP contribution < -0.4 is 5.32 Å². The molecule has 0 aliphatic heterocycles. The third-order valence-corrected chi connectivity index (χ3v) is 5.24. The molecule has 1 heterocycles. The van der Waals surface area contributed by atoms with Crippen LogP contribution in [0.25, 0.3) is 11.0 Å². The van der Waals surface area contributed by atoms with Crippen LogP contribution in [0.15, 0.2) is 30.5 Å². The Morgan fingerprint density at radius 1 is 1.12 bits per heavy atom. The summed E-state index contributed by atoms with van der Waals surface area (Å²) in [6.07, 6.45) is 8.85. The van der Waals surface area contributed by atoms with Crippen LogP contribution in [0.4, 0.5) is 0 Å². The van der Waals surface area contributed by atoms with E-state index in [1.807, 2.05) is 24.3 Å². The molecule has 0 bridgehead atoms. The molecule has 3 rings (SSSR count). The first-order valence-electron chi connectivity index (χ1n) is 8.78. The number of nitrogens with zero attached hydrogens (tertiary/aromatic N) is 3. The summed E-state index contributed by atoms with van der Waals surface area (Å²) in [7, 11) is 4.24. The maximum absolute atomic E-state index is 12.5. The number of likely N-dealkylation sites (N-methyl/N-ethyl adjacent to an activating group) is 1. The lowest BCUT2D eigenvalue weighted by molar-refractivity contribution is 0.0864. The fourth-order valence-electron chi connectivity index (χ4n) is 3.57. The molecule has 1 aromatic heterocycles. The number of hydrogen-bond acceptors (Lipinski definition) is 4. The molecule has 5 nitrogen and oxygen atoms in total. The standard InChI is InChI=1S/C19H26N4O/c1-23(2)19(11-7-3-4-8-12-19)14-21-18(24)17-13-20-15-9-5-6-10-16(15)22-17/h5-6,9-10,13H,3-4,7-8,11-12,14H2,1-2H3,(H,21,24). The number of carbonyl (C=O) groups excluding carboxylic acids is 1. The Kier molecular flexibility index (Phi) is 5.09. The fraction of sp³-hybridized carbons (Fsp3) is 0.526. The van der Waals surface area contributed by atoms with Gasteiger partial charge >= 0.3 is 0 Å². The molecule has 0 unspecified atom stereocenters. The second-order valence-corrected chi connectivity index (χ2v) is 6.96. The first-order chi connectivity index (χ1) is 11.6. The molecule has 24 heavy (non-hydrogen) atoms. The lowest BCUT2D eigenvalue weighted by Crippen LogP contribution is -2.52. The average Bonchev–Trinajstić information content (AvgIpc) is 2.86. The molecule has 0 radical (unpaired) electrons. The van der Waals surface area contributed by atoms with Crippen molar-refractivity contribution in [3.8, 4) is 0 Å². The molecule has 5 heteroatoms. The molecule has 0 atom stereocenters. The number of benzene rings is 1. The van der Waals surface area contributed by atoms with Crippen molar-refractivity contribution in [2.45, 2.75) is 44.1 Å². The Labute approximate surface area is 143 Å². The van der Waals surface area contributed by atoms with Crippen molar-refractivity contribution in [1.29, 1.82) is 0 Å². The summed E-state index contributed by atoms with van der Waals surface area (Å²) < 4.78 is 0. The zero-order valence-corrected chi connectivity index (χ0v) is 14.6. The number of hydrogen-bond donors (Lipinski definition) is 1. The molecule has 1 saturated carbocycles. The van der Waals surface area contributed by atoms with Gasteiger partial charge in [0.15, 0.2) is 0 Å². The van der Waals surface area contributed by atoms with E-state index in [-0.39, 0.29) is 11.4 Å². The van der Waals surface area contributed by atoms with Crippen molar-refractivity contribution in [2.75, 3.05) is 20.6 Å². The molecule has 0 spiro atoms. The van der Waals surface area contributed by atoms with E-state index in [0.717, 1.165) is 23.9 Å². The molecule has 1 amide bonds. The van der Waals surface area contributed by atoms with Crippen LogP contribution in [0.3, 0.4) is 0 Å². The number of fused-ring (bicyclic) bond motifs is 1. The van der Waals surface area contributed by atoms with Crippen molar-refractivity contribution >= 4 is 16.9 Å². The molecule has 128 valence electrons. The first kappa shape index (κ1) is 16.8. The summed E-state index contributed by atoms with van der Waals surface area (Å²) in [5.41, 5.74) is 2.00. The third-order valence-electron chi connectivity index (χ3n) is 5.24. The smallest absolute Gasteiger partial charge is 0.271 e. The molecule has 1 fully saturated rings. The Bertz CT molecular complexity index is 705. The Morgan fingerprint density at radius 2 is 1.79 bits per heavy atom. The van der Waals surface area contributed by atoms with Gasteiger partial charge in [-0.15, -0.1) is 0 Å².